The molecule has 0 heterocycles. The highest BCUT2D eigenvalue weighted by Crippen LogP contribution is 2.26. The van der Waals surface area contributed by atoms with E-state index in [4.69, 9.17) is 11.0 Å². The Balaban J connectivity index is 3.47. The smallest absolute Gasteiger partial charge is 0.338 e. The molecule has 1 aromatic rings. The number of carbonyl (C=O) groups excluding carboxylic acids is 1. The van der Waals surface area contributed by atoms with E-state index in [1.54, 1.807) is 6.07 Å². The summed E-state index contributed by atoms with van der Waals surface area (Å²) in [6.45, 7) is -0.0515. The van der Waals surface area contributed by atoms with Crippen LogP contribution in [0.1, 0.15) is 33.5 Å². The van der Waals surface area contributed by atoms with E-state index in [-0.39, 0.29) is 23.2 Å². The molecule has 0 unspecified atom stereocenters. The lowest BCUT2D eigenvalue weighted by molar-refractivity contribution is 0.0589. The van der Waals surface area contributed by atoms with Crippen LogP contribution in [0, 0.1) is 11.3 Å². The lowest BCUT2D eigenvalue weighted by atomic mass is 9.99. The zero-order valence-corrected chi connectivity index (χ0v) is 9.04. The number of benzene rings is 1. The number of carbonyl (C=O) groups is 1. The number of esters is 1. The van der Waals surface area contributed by atoms with E-state index in [0.717, 1.165) is 19.2 Å². The summed E-state index contributed by atoms with van der Waals surface area (Å²) in [5, 5.41) is 8.81. The van der Waals surface area contributed by atoms with Gasteiger partial charge in [-0.2, -0.15) is 5.26 Å². The Labute approximate surface area is 96.6 Å². The van der Waals surface area contributed by atoms with Crippen molar-refractivity contribution in [3.63, 3.8) is 0 Å². The van der Waals surface area contributed by atoms with Gasteiger partial charge in [-0.25, -0.2) is 13.6 Å². The van der Waals surface area contributed by atoms with Crippen LogP contribution in [0.5, 0.6) is 0 Å². The number of alkyl halides is 2. The molecule has 90 valence electrons. The quantitative estimate of drug-likeness (QED) is 0.816. The van der Waals surface area contributed by atoms with Crippen LogP contribution in [0.4, 0.5) is 8.78 Å². The van der Waals surface area contributed by atoms with Crippen LogP contribution in [-0.2, 0) is 11.3 Å². The van der Waals surface area contributed by atoms with E-state index in [2.05, 4.69) is 4.74 Å². The molecule has 0 amide bonds. The molecule has 1 rings (SSSR count). The second kappa shape index (κ2) is 5.37. The molecule has 6 heteroatoms. The Bertz CT molecular complexity index is 481. The summed E-state index contributed by atoms with van der Waals surface area (Å²) in [6.07, 6.45) is -2.83. The average molecular weight is 240 g/mol. The zero-order chi connectivity index (χ0) is 13.0. The van der Waals surface area contributed by atoms with Gasteiger partial charge in [0.1, 0.15) is 0 Å². The summed E-state index contributed by atoms with van der Waals surface area (Å²) in [5.41, 5.74) is 4.93. The third-order valence-electron chi connectivity index (χ3n) is 2.26. The number of hydrogen-bond donors (Lipinski definition) is 1. The van der Waals surface area contributed by atoms with Gasteiger partial charge in [0.05, 0.1) is 24.3 Å². The fourth-order valence-corrected chi connectivity index (χ4v) is 1.40. The average Bonchev–Trinajstić information content (AvgIpc) is 2.35. The molecule has 0 spiro atoms. The van der Waals surface area contributed by atoms with E-state index in [9.17, 15) is 13.6 Å². The molecule has 4 nitrogen and oxygen atoms in total. The predicted octanol–water partition coefficient (Wildman–Crippen LogP) is 1.74. The zero-order valence-electron chi connectivity index (χ0n) is 9.04. The Morgan fingerprint density at radius 3 is 2.65 bits per heavy atom. The molecular weight excluding hydrogens is 230 g/mol. The number of rotatable bonds is 3. The number of ether oxygens (including phenoxy) is 1. The van der Waals surface area contributed by atoms with Crippen molar-refractivity contribution in [3.8, 4) is 6.07 Å². The first-order chi connectivity index (χ1) is 8.04. The number of halogens is 2. The maximum Gasteiger partial charge on any atom is 0.338 e. The van der Waals surface area contributed by atoms with Crippen LogP contribution in [0.15, 0.2) is 12.1 Å². The van der Waals surface area contributed by atoms with Crippen LogP contribution < -0.4 is 5.73 Å². The second-order valence-electron chi connectivity index (χ2n) is 3.20. The van der Waals surface area contributed by atoms with E-state index >= 15 is 0 Å². The van der Waals surface area contributed by atoms with Crippen molar-refractivity contribution in [1.82, 2.24) is 0 Å². The van der Waals surface area contributed by atoms with E-state index in [0.29, 0.717) is 0 Å². The molecular formula is C11H10F2N2O2. The van der Waals surface area contributed by atoms with Gasteiger partial charge >= 0.3 is 5.97 Å². The van der Waals surface area contributed by atoms with Crippen molar-refractivity contribution in [2.24, 2.45) is 5.73 Å². The minimum absolute atomic E-state index is 0.0515. The van der Waals surface area contributed by atoms with Crippen LogP contribution in [-0.4, -0.2) is 13.1 Å². The van der Waals surface area contributed by atoms with Crippen molar-refractivity contribution >= 4 is 5.97 Å². The molecule has 0 aliphatic heterocycles. The van der Waals surface area contributed by atoms with Crippen molar-refractivity contribution in [2.45, 2.75) is 13.0 Å². The molecule has 0 fully saturated rings. The molecule has 0 aromatic heterocycles. The van der Waals surface area contributed by atoms with Crippen molar-refractivity contribution in [1.29, 1.82) is 5.26 Å². The molecule has 0 bridgehead atoms. The summed E-state index contributed by atoms with van der Waals surface area (Å²) in [6, 6.07) is 3.94. The molecule has 2 N–H and O–H groups in total. The molecule has 0 aliphatic carbocycles. The van der Waals surface area contributed by atoms with Gasteiger partial charge in [-0.05, 0) is 17.7 Å². The molecule has 0 atom stereocenters. The van der Waals surface area contributed by atoms with Crippen LogP contribution in [0.25, 0.3) is 0 Å². The topological polar surface area (TPSA) is 76.1 Å². The number of hydrogen-bond acceptors (Lipinski definition) is 4. The van der Waals surface area contributed by atoms with Gasteiger partial charge in [-0.3, -0.25) is 0 Å². The Morgan fingerprint density at radius 1 is 1.59 bits per heavy atom. The van der Waals surface area contributed by atoms with Gasteiger partial charge in [0.2, 0.25) is 0 Å². The van der Waals surface area contributed by atoms with Crippen molar-refractivity contribution in [3.05, 3.63) is 34.4 Å². The highest BCUT2D eigenvalue weighted by atomic mass is 19.3. The van der Waals surface area contributed by atoms with Gasteiger partial charge in [0.25, 0.3) is 6.43 Å². The van der Waals surface area contributed by atoms with E-state index in [1.165, 1.54) is 0 Å². The van der Waals surface area contributed by atoms with Crippen LogP contribution in [0.3, 0.4) is 0 Å². The summed E-state index contributed by atoms with van der Waals surface area (Å²) in [5.74, 6) is -0.902. The normalized spacial score (nSPS) is 10.1. The Morgan fingerprint density at radius 2 is 2.24 bits per heavy atom. The fraction of sp³-hybridized carbons (Fsp3) is 0.273. The molecule has 17 heavy (non-hydrogen) atoms. The molecule has 0 aliphatic rings. The maximum absolute atomic E-state index is 12.7. The minimum atomic E-state index is -2.83. The number of methoxy groups -OCH3 is 1. The van der Waals surface area contributed by atoms with E-state index < -0.39 is 18.0 Å². The first-order valence-electron chi connectivity index (χ1n) is 4.68. The lowest BCUT2D eigenvalue weighted by Gasteiger charge is -2.10. The number of nitrogens with zero attached hydrogens (tertiary/aromatic N) is 1. The van der Waals surface area contributed by atoms with Gasteiger partial charge in [0, 0.05) is 12.1 Å². The highest BCUT2D eigenvalue weighted by Gasteiger charge is 2.21. The van der Waals surface area contributed by atoms with Gasteiger partial charge in [0.15, 0.2) is 0 Å². The molecule has 0 saturated heterocycles. The Kier molecular flexibility index (Phi) is 4.12. The minimum Gasteiger partial charge on any atom is -0.465 e. The molecule has 0 saturated carbocycles. The fourth-order valence-electron chi connectivity index (χ4n) is 1.40. The monoisotopic (exact) mass is 240 g/mol. The van der Waals surface area contributed by atoms with Crippen molar-refractivity contribution < 1.29 is 18.3 Å². The highest BCUT2D eigenvalue weighted by molar-refractivity contribution is 5.91. The first-order valence-corrected chi connectivity index (χ1v) is 4.68. The second-order valence-corrected chi connectivity index (χ2v) is 3.20. The third-order valence-corrected chi connectivity index (χ3v) is 2.26. The molecule has 0 radical (unpaired) electrons. The standard InChI is InChI=1S/C11H10F2N2O2/c1-17-11(16)9-3-7(5-15)6(4-14)2-8(9)10(12)13/h2-3,10H,4,14H2,1H3. The Hall–Kier alpha value is -2.00. The number of nitriles is 1. The summed E-state index contributed by atoms with van der Waals surface area (Å²) < 4.78 is 29.9. The first kappa shape index (κ1) is 13.1. The summed E-state index contributed by atoms with van der Waals surface area (Å²) in [7, 11) is 1.08. The maximum atomic E-state index is 12.7. The van der Waals surface area contributed by atoms with Crippen LogP contribution in [0.2, 0.25) is 0 Å². The summed E-state index contributed by atoms with van der Waals surface area (Å²) >= 11 is 0. The van der Waals surface area contributed by atoms with Crippen LogP contribution >= 0.6 is 0 Å². The van der Waals surface area contributed by atoms with E-state index in [1.807, 2.05) is 0 Å². The van der Waals surface area contributed by atoms with Crippen molar-refractivity contribution in [2.75, 3.05) is 7.11 Å². The largest absolute Gasteiger partial charge is 0.465 e. The predicted molar refractivity (Wildman–Crippen MR) is 55.3 cm³/mol. The SMILES string of the molecule is COC(=O)c1cc(C#N)c(CN)cc1C(F)F. The third kappa shape index (κ3) is 2.57. The summed E-state index contributed by atoms with van der Waals surface area (Å²) in [4.78, 5) is 11.3. The molecule has 1 aromatic carbocycles. The van der Waals surface area contributed by atoms with Gasteiger partial charge < -0.3 is 10.5 Å². The van der Waals surface area contributed by atoms with Gasteiger partial charge in [-0.15, -0.1) is 0 Å². The lowest BCUT2D eigenvalue weighted by Crippen LogP contribution is -2.10. The number of nitrogens with two attached hydrogens (primary N) is 1. The van der Waals surface area contributed by atoms with Gasteiger partial charge in [-0.1, -0.05) is 0 Å².